The third kappa shape index (κ3) is 4.94. The van der Waals surface area contributed by atoms with Crippen LogP contribution in [-0.4, -0.2) is 47.2 Å². The highest BCUT2D eigenvalue weighted by Crippen LogP contribution is 2.29. The Morgan fingerprint density at radius 1 is 1.21 bits per heavy atom. The highest BCUT2D eigenvalue weighted by Gasteiger charge is 2.29. The number of hydrazine groups is 1. The molecule has 0 aliphatic carbocycles. The number of nitrogens with zero attached hydrogens (tertiary/aromatic N) is 4. The van der Waals surface area contributed by atoms with Gasteiger partial charge in [0.1, 0.15) is 17.4 Å². The van der Waals surface area contributed by atoms with Gasteiger partial charge in [-0.25, -0.2) is 18.8 Å². The monoisotopic (exact) mass is 467 g/mol. The number of halogens is 2. The summed E-state index contributed by atoms with van der Waals surface area (Å²) >= 11 is 0. The van der Waals surface area contributed by atoms with Crippen LogP contribution in [0.2, 0.25) is 0 Å². The molecule has 0 unspecified atom stereocenters. The minimum absolute atomic E-state index is 0.216. The summed E-state index contributed by atoms with van der Waals surface area (Å²) in [7, 11) is 1.59. The molecule has 4 rings (SSSR count). The number of aromatic nitrogens is 2. The van der Waals surface area contributed by atoms with Gasteiger partial charge >= 0.3 is 0 Å². The largest absolute Gasteiger partial charge is 0.495 e. The Hall–Kier alpha value is -3.72. The number of hydrogen-bond acceptors (Lipinski definition) is 5. The van der Waals surface area contributed by atoms with E-state index >= 15 is 0 Å². The third-order valence-corrected chi connectivity index (χ3v) is 5.64. The second kappa shape index (κ2) is 10.0. The van der Waals surface area contributed by atoms with Gasteiger partial charge in [0.05, 0.1) is 37.1 Å². The van der Waals surface area contributed by atoms with Gasteiger partial charge in [0.25, 0.3) is 5.91 Å². The summed E-state index contributed by atoms with van der Waals surface area (Å²) in [6.45, 7) is 2.80. The Morgan fingerprint density at radius 3 is 2.62 bits per heavy atom. The second-order valence-electron chi connectivity index (χ2n) is 8.09. The van der Waals surface area contributed by atoms with Crippen LogP contribution in [0.3, 0.4) is 0 Å². The molecule has 0 spiro atoms. The molecule has 1 saturated heterocycles. The number of anilines is 1. The Kier molecular flexibility index (Phi) is 6.93. The molecule has 0 atom stereocenters. The van der Waals surface area contributed by atoms with E-state index in [1.807, 2.05) is 42.0 Å². The van der Waals surface area contributed by atoms with E-state index in [4.69, 9.17) is 10.5 Å². The van der Waals surface area contributed by atoms with Crippen molar-refractivity contribution in [1.29, 1.82) is 0 Å². The van der Waals surface area contributed by atoms with Gasteiger partial charge in [-0.3, -0.25) is 9.80 Å². The molecule has 1 aliphatic heterocycles. The van der Waals surface area contributed by atoms with Crippen LogP contribution in [0, 0.1) is 18.6 Å². The van der Waals surface area contributed by atoms with Crippen molar-refractivity contribution in [3.63, 3.8) is 0 Å². The summed E-state index contributed by atoms with van der Waals surface area (Å²) in [6.07, 6.45) is 6.75. The SMILES string of the molecule is COc1cc(C=C2CCCN(N(CCN)c3cc(F)cc(F)c3)C2=O)ccc1-n1cnc(C)c1. The fourth-order valence-electron chi connectivity index (χ4n) is 4.11. The maximum absolute atomic E-state index is 13.9. The second-order valence-corrected chi connectivity index (χ2v) is 8.09. The number of benzene rings is 2. The van der Waals surface area contributed by atoms with Crippen molar-refractivity contribution in [2.24, 2.45) is 5.73 Å². The Labute approximate surface area is 197 Å². The molecule has 2 N–H and O–H groups in total. The summed E-state index contributed by atoms with van der Waals surface area (Å²) < 4.78 is 35.2. The van der Waals surface area contributed by atoms with E-state index < -0.39 is 11.6 Å². The van der Waals surface area contributed by atoms with Gasteiger partial charge in [0.2, 0.25) is 0 Å². The molecule has 34 heavy (non-hydrogen) atoms. The highest BCUT2D eigenvalue weighted by atomic mass is 19.1. The molecule has 0 bridgehead atoms. The predicted molar refractivity (Wildman–Crippen MR) is 127 cm³/mol. The normalized spacial score (nSPS) is 15.1. The smallest absolute Gasteiger partial charge is 0.268 e. The van der Waals surface area contributed by atoms with Crippen molar-refractivity contribution in [2.75, 3.05) is 31.8 Å². The van der Waals surface area contributed by atoms with Crippen molar-refractivity contribution in [1.82, 2.24) is 14.6 Å². The van der Waals surface area contributed by atoms with Crippen LogP contribution in [0.5, 0.6) is 5.75 Å². The molecule has 0 radical (unpaired) electrons. The minimum Gasteiger partial charge on any atom is -0.495 e. The van der Waals surface area contributed by atoms with Gasteiger partial charge in [0.15, 0.2) is 0 Å². The fourth-order valence-corrected chi connectivity index (χ4v) is 4.11. The quantitative estimate of drug-likeness (QED) is 0.534. The van der Waals surface area contributed by atoms with Crippen molar-refractivity contribution >= 4 is 17.7 Å². The molecule has 3 aromatic rings. The zero-order valence-corrected chi connectivity index (χ0v) is 19.2. The van der Waals surface area contributed by atoms with E-state index in [-0.39, 0.29) is 24.7 Å². The van der Waals surface area contributed by atoms with Crippen LogP contribution < -0.4 is 15.5 Å². The van der Waals surface area contributed by atoms with E-state index in [9.17, 15) is 13.6 Å². The zero-order valence-electron chi connectivity index (χ0n) is 19.2. The lowest BCUT2D eigenvalue weighted by molar-refractivity contribution is -0.129. The standard InChI is InChI=1S/C25H27F2N5O2/c1-17-15-30(16-29-17)23-6-5-18(11-24(23)34-2)10-19-4-3-8-32(25(19)33)31(9-7-28)22-13-20(26)12-21(27)14-22/h5-6,10-16H,3-4,7-9,28H2,1-2H3. The lowest BCUT2D eigenvalue weighted by atomic mass is 10.0. The number of aryl methyl sites for hydroxylation is 1. The third-order valence-electron chi connectivity index (χ3n) is 5.64. The average molecular weight is 468 g/mol. The minimum atomic E-state index is -0.711. The fraction of sp³-hybridized carbons (Fsp3) is 0.280. The van der Waals surface area contributed by atoms with Crippen molar-refractivity contribution in [3.8, 4) is 11.4 Å². The molecule has 1 aliphatic rings. The number of rotatable bonds is 7. The van der Waals surface area contributed by atoms with E-state index in [0.29, 0.717) is 30.7 Å². The van der Waals surface area contributed by atoms with Gasteiger partial charge in [0, 0.05) is 30.9 Å². The maximum atomic E-state index is 13.9. The molecule has 2 aromatic carbocycles. The molecule has 1 amide bonds. The van der Waals surface area contributed by atoms with Crippen molar-refractivity contribution in [3.05, 3.63) is 77.4 Å². The molecule has 9 heteroatoms. The molecular formula is C25H27F2N5O2. The van der Waals surface area contributed by atoms with E-state index in [0.717, 1.165) is 23.0 Å². The summed E-state index contributed by atoms with van der Waals surface area (Å²) in [6, 6.07) is 8.88. The summed E-state index contributed by atoms with van der Waals surface area (Å²) in [5, 5.41) is 3.06. The summed E-state index contributed by atoms with van der Waals surface area (Å²) in [4.78, 5) is 17.6. The van der Waals surface area contributed by atoms with Crippen LogP contribution in [0.25, 0.3) is 11.8 Å². The molecule has 178 valence electrons. The molecule has 1 aromatic heterocycles. The Balaban J connectivity index is 1.63. The number of ether oxygens (including phenoxy) is 1. The number of amides is 1. The topological polar surface area (TPSA) is 76.6 Å². The first-order valence-electron chi connectivity index (χ1n) is 11.0. The number of hydrogen-bond donors (Lipinski definition) is 1. The van der Waals surface area contributed by atoms with Crippen molar-refractivity contribution in [2.45, 2.75) is 19.8 Å². The molecule has 1 fully saturated rings. The van der Waals surface area contributed by atoms with Gasteiger partial charge in [-0.05, 0) is 55.7 Å². The zero-order chi connectivity index (χ0) is 24.2. The summed E-state index contributed by atoms with van der Waals surface area (Å²) in [5.41, 5.74) is 9.13. The Morgan fingerprint density at radius 2 is 1.97 bits per heavy atom. The first kappa shape index (κ1) is 23.4. The van der Waals surface area contributed by atoms with Crippen molar-refractivity contribution < 1.29 is 18.3 Å². The molecule has 2 heterocycles. The lowest BCUT2D eigenvalue weighted by Gasteiger charge is -2.39. The first-order valence-corrected chi connectivity index (χ1v) is 11.0. The van der Waals surface area contributed by atoms with Gasteiger partial charge < -0.3 is 15.0 Å². The number of carbonyl (C=O) groups excluding carboxylic acids is 1. The van der Waals surface area contributed by atoms with Crippen LogP contribution in [0.15, 0.2) is 54.5 Å². The van der Waals surface area contributed by atoms with Crippen LogP contribution >= 0.6 is 0 Å². The molecular weight excluding hydrogens is 440 g/mol. The Bertz CT molecular complexity index is 1200. The highest BCUT2D eigenvalue weighted by molar-refractivity contribution is 5.99. The number of carbonyl (C=O) groups is 1. The van der Waals surface area contributed by atoms with Crippen LogP contribution in [-0.2, 0) is 4.79 Å². The van der Waals surface area contributed by atoms with Crippen LogP contribution in [0.4, 0.5) is 14.5 Å². The summed E-state index contributed by atoms with van der Waals surface area (Å²) in [5.74, 6) is -1.00. The molecule has 7 nitrogen and oxygen atoms in total. The lowest BCUT2D eigenvalue weighted by Crippen LogP contribution is -2.51. The average Bonchev–Trinajstić information content (AvgIpc) is 3.24. The van der Waals surface area contributed by atoms with Gasteiger partial charge in [-0.15, -0.1) is 0 Å². The number of piperidine rings is 1. The van der Waals surface area contributed by atoms with E-state index in [1.54, 1.807) is 18.4 Å². The maximum Gasteiger partial charge on any atom is 0.268 e. The molecule has 0 saturated carbocycles. The van der Waals surface area contributed by atoms with Gasteiger partial charge in [-0.2, -0.15) is 0 Å². The number of methoxy groups -OCH3 is 1. The number of nitrogens with two attached hydrogens (primary N) is 1. The predicted octanol–water partition coefficient (Wildman–Crippen LogP) is 3.85. The van der Waals surface area contributed by atoms with E-state index in [2.05, 4.69) is 4.98 Å². The van der Waals surface area contributed by atoms with Crippen LogP contribution in [0.1, 0.15) is 24.1 Å². The van der Waals surface area contributed by atoms with E-state index in [1.165, 1.54) is 17.1 Å². The number of imidazole rings is 1. The first-order chi connectivity index (χ1) is 16.4. The van der Waals surface area contributed by atoms with Gasteiger partial charge in [-0.1, -0.05) is 6.07 Å².